The van der Waals surface area contributed by atoms with Crippen LogP contribution < -0.4 is 21.7 Å². The molecular weight excluding hydrogens is 578 g/mol. The van der Waals surface area contributed by atoms with Crippen molar-refractivity contribution in [3.05, 3.63) is 11.3 Å². The number of esters is 1. The van der Waals surface area contributed by atoms with Crippen molar-refractivity contribution < 1.29 is 33.4 Å². The number of ether oxygens (including phenoxy) is 2. The standard InChI is InChI=1S/C33H51N5O7/c1-31(2,3)27(36-30(43)37-33(12-8-7-9-13-33)17-45-22(39)16-44-6)29(42)38-15-20-23(32(20,4)5)25(38)28(41)35-21-14-18-10-11-19(18)24(34)26(21)40/h18,20-21,23,25,27H,7-17,34H2,1-6H3,(H,35,41)(H2,36,37,43)/t18?,20-,21?,23-,25-,27?/m0/s1. The third-order valence-corrected chi connectivity index (χ3v) is 11.1. The molecular formula is C33H51N5O7. The predicted octanol–water partition coefficient (Wildman–Crippen LogP) is 2.16. The van der Waals surface area contributed by atoms with E-state index in [9.17, 15) is 24.0 Å². The highest BCUT2D eigenvalue weighted by Gasteiger charge is 2.70. The van der Waals surface area contributed by atoms with Crippen LogP contribution >= 0.6 is 0 Å². The second-order valence-corrected chi connectivity index (χ2v) is 15.6. The van der Waals surface area contributed by atoms with Crippen molar-refractivity contribution in [2.24, 2.45) is 34.3 Å². The van der Waals surface area contributed by atoms with Crippen LogP contribution in [-0.2, 0) is 28.7 Å². The lowest BCUT2D eigenvalue weighted by molar-refractivity contribution is -0.150. The van der Waals surface area contributed by atoms with Gasteiger partial charge in [0.05, 0.1) is 17.3 Å². The lowest BCUT2D eigenvalue weighted by atomic mass is 9.69. The Morgan fingerprint density at radius 3 is 2.40 bits per heavy atom. The van der Waals surface area contributed by atoms with Crippen LogP contribution in [0.4, 0.5) is 4.79 Å². The first kappa shape index (κ1) is 33.2. The molecule has 1 aliphatic heterocycles. The highest BCUT2D eigenvalue weighted by molar-refractivity contribution is 6.03. The van der Waals surface area contributed by atoms with E-state index in [1.54, 1.807) is 4.90 Å². The van der Waals surface area contributed by atoms with E-state index >= 15 is 0 Å². The lowest BCUT2D eigenvalue weighted by Gasteiger charge is -2.41. The lowest BCUT2D eigenvalue weighted by Crippen LogP contribution is -2.63. The topological polar surface area (TPSA) is 169 Å². The maximum absolute atomic E-state index is 14.3. The van der Waals surface area contributed by atoms with E-state index in [4.69, 9.17) is 15.2 Å². The average Bonchev–Trinajstić information content (AvgIpc) is 3.27. The number of urea groups is 1. The third kappa shape index (κ3) is 6.44. The fourth-order valence-electron chi connectivity index (χ4n) is 8.17. The number of nitrogens with one attached hydrogen (secondary N) is 3. The zero-order valence-electron chi connectivity index (χ0n) is 27.6. The second-order valence-electron chi connectivity index (χ2n) is 15.6. The smallest absolute Gasteiger partial charge is 0.332 e. The molecule has 1 heterocycles. The van der Waals surface area contributed by atoms with Crippen molar-refractivity contribution in [2.75, 3.05) is 26.9 Å². The summed E-state index contributed by atoms with van der Waals surface area (Å²) in [7, 11) is 1.42. The molecule has 3 saturated carbocycles. The van der Waals surface area contributed by atoms with Gasteiger partial charge in [-0.2, -0.15) is 0 Å². The molecule has 0 bridgehead atoms. The van der Waals surface area contributed by atoms with Crippen molar-refractivity contribution >= 4 is 29.6 Å². The molecule has 1 saturated heterocycles. The molecule has 5 aliphatic rings. The number of fused-ring (bicyclic) bond motifs is 2. The maximum Gasteiger partial charge on any atom is 0.332 e. The van der Waals surface area contributed by atoms with Crippen LogP contribution in [-0.4, -0.2) is 85.0 Å². The van der Waals surface area contributed by atoms with Crippen LogP contribution in [0.2, 0.25) is 0 Å². The fourth-order valence-corrected chi connectivity index (χ4v) is 8.17. The number of carbonyl (C=O) groups excluding carboxylic acids is 5. The van der Waals surface area contributed by atoms with Crippen molar-refractivity contribution in [3.8, 4) is 0 Å². The highest BCUT2D eigenvalue weighted by atomic mass is 16.6. The number of Topliss-reactive ketones (excluding diaryl/α,β-unsaturated/α-hetero) is 1. The van der Waals surface area contributed by atoms with Gasteiger partial charge in [0.1, 0.15) is 25.3 Å². The Morgan fingerprint density at radius 1 is 1.11 bits per heavy atom. The van der Waals surface area contributed by atoms with Crippen LogP contribution in [0.25, 0.3) is 0 Å². The van der Waals surface area contributed by atoms with Crippen molar-refractivity contribution in [3.63, 3.8) is 0 Å². The van der Waals surface area contributed by atoms with Crippen LogP contribution in [0.3, 0.4) is 0 Å². The van der Waals surface area contributed by atoms with Gasteiger partial charge in [0.2, 0.25) is 17.6 Å². The molecule has 0 aromatic carbocycles. The Balaban J connectivity index is 1.30. The highest BCUT2D eigenvalue weighted by Crippen LogP contribution is 2.65. The predicted molar refractivity (Wildman–Crippen MR) is 165 cm³/mol. The summed E-state index contributed by atoms with van der Waals surface area (Å²) >= 11 is 0. The fraction of sp³-hybridized carbons (Fsp3) is 0.788. The molecule has 45 heavy (non-hydrogen) atoms. The number of amides is 4. The van der Waals surface area contributed by atoms with Crippen LogP contribution in [0.1, 0.15) is 86.0 Å². The quantitative estimate of drug-likeness (QED) is 0.281. The zero-order valence-corrected chi connectivity index (χ0v) is 27.6. The van der Waals surface area contributed by atoms with Crippen molar-refractivity contribution in [1.82, 2.24) is 20.9 Å². The van der Waals surface area contributed by atoms with Crippen LogP contribution in [0.15, 0.2) is 11.3 Å². The zero-order chi connectivity index (χ0) is 32.9. The summed E-state index contributed by atoms with van der Waals surface area (Å²) < 4.78 is 10.3. The average molecular weight is 630 g/mol. The van der Waals surface area contributed by atoms with Gasteiger partial charge in [0.25, 0.3) is 0 Å². The van der Waals surface area contributed by atoms with Gasteiger partial charge in [0.15, 0.2) is 0 Å². The summed E-state index contributed by atoms with van der Waals surface area (Å²) in [5, 5.41) is 8.94. The molecule has 250 valence electrons. The van der Waals surface area contributed by atoms with E-state index in [0.717, 1.165) is 37.7 Å². The minimum Gasteiger partial charge on any atom is -0.461 e. The summed E-state index contributed by atoms with van der Waals surface area (Å²) in [6.07, 6.45) is 6.38. The molecule has 4 aliphatic carbocycles. The Bertz CT molecular complexity index is 1260. The molecule has 12 nitrogen and oxygen atoms in total. The second kappa shape index (κ2) is 12.2. The van der Waals surface area contributed by atoms with Crippen molar-refractivity contribution in [2.45, 2.75) is 110 Å². The minimum absolute atomic E-state index is 0.0193. The number of nitrogens with zero attached hydrogens (tertiary/aromatic N) is 1. The van der Waals surface area contributed by atoms with E-state index in [-0.39, 0.29) is 59.7 Å². The van der Waals surface area contributed by atoms with Crippen LogP contribution in [0.5, 0.6) is 0 Å². The number of hydrogen-bond acceptors (Lipinski definition) is 8. The molecule has 0 radical (unpaired) electrons. The van der Waals surface area contributed by atoms with Gasteiger partial charge in [-0.25, -0.2) is 9.59 Å². The normalized spacial score (nSPS) is 30.3. The van der Waals surface area contributed by atoms with E-state index in [1.165, 1.54) is 7.11 Å². The maximum atomic E-state index is 14.3. The van der Waals surface area contributed by atoms with Gasteiger partial charge in [-0.3, -0.25) is 14.4 Å². The first-order valence-electron chi connectivity index (χ1n) is 16.5. The number of methoxy groups -OCH3 is 1. The SMILES string of the molecule is COCC(=O)OCC1(NC(=O)NC(C(=O)N2C[C@H]3[C@@H]([C@H]2C(=O)NC2CC4CCC4=C(N)C2=O)C3(C)C)C(C)(C)C)CCCCC1. The number of hydrogen-bond donors (Lipinski definition) is 4. The van der Waals surface area contributed by atoms with E-state index in [2.05, 4.69) is 29.8 Å². The summed E-state index contributed by atoms with van der Waals surface area (Å²) in [6.45, 7) is 10.1. The Kier molecular flexibility index (Phi) is 9.02. The Hall–Kier alpha value is -3.15. The van der Waals surface area contributed by atoms with Gasteiger partial charge in [-0.1, -0.05) is 53.9 Å². The molecule has 6 atom stereocenters. The molecule has 12 heteroatoms. The first-order chi connectivity index (χ1) is 21.1. The number of allylic oxidation sites excluding steroid dienone is 1. The van der Waals surface area contributed by atoms with Gasteiger partial charge in [-0.05, 0) is 66.3 Å². The third-order valence-electron chi connectivity index (χ3n) is 11.1. The minimum atomic E-state index is -0.933. The molecule has 5 N–H and O–H groups in total. The molecule has 4 amide bonds. The van der Waals surface area contributed by atoms with Gasteiger partial charge in [-0.15, -0.1) is 0 Å². The first-order valence-corrected chi connectivity index (χ1v) is 16.5. The summed E-state index contributed by atoms with van der Waals surface area (Å²) in [5.41, 5.74) is 5.87. The Morgan fingerprint density at radius 2 is 1.80 bits per heavy atom. The summed E-state index contributed by atoms with van der Waals surface area (Å²) in [5.74, 6) is -1.10. The summed E-state index contributed by atoms with van der Waals surface area (Å²) in [4.78, 5) is 68.4. The largest absolute Gasteiger partial charge is 0.461 e. The number of piperidine rings is 1. The number of carbonyl (C=O) groups is 5. The van der Waals surface area contributed by atoms with Gasteiger partial charge in [0, 0.05) is 13.7 Å². The molecule has 0 spiro atoms. The molecule has 0 aromatic heterocycles. The van der Waals surface area contributed by atoms with E-state index in [1.807, 2.05) is 20.8 Å². The number of ketones is 1. The number of rotatable bonds is 9. The van der Waals surface area contributed by atoms with Gasteiger partial charge >= 0.3 is 12.0 Å². The van der Waals surface area contributed by atoms with Crippen molar-refractivity contribution in [1.29, 1.82) is 0 Å². The molecule has 5 rings (SSSR count). The van der Waals surface area contributed by atoms with E-state index in [0.29, 0.717) is 25.8 Å². The monoisotopic (exact) mass is 629 g/mol. The van der Waals surface area contributed by atoms with Gasteiger partial charge < -0.3 is 36.1 Å². The number of likely N-dealkylation sites (tertiary alicyclic amines) is 1. The molecule has 0 aromatic rings. The molecule has 4 fully saturated rings. The molecule has 3 unspecified atom stereocenters. The summed E-state index contributed by atoms with van der Waals surface area (Å²) in [6, 6.07) is -2.91. The van der Waals surface area contributed by atoms with E-state index < -0.39 is 41.1 Å². The Labute approximate surface area is 265 Å². The number of nitrogens with two attached hydrogens (primary N) is 1. The van der Waals surface area contributed by atoms with Crippen LogP contribution in [0, 0.1) is 28.6 Å².